The third kappa shape index (κ3) is 5.72. The number of rotatable bonds is 7. The van der Waals surface area contributed by atoms with Crippen molar-refractivity contribution in [1.82, 2.24) is 4.72 Å². The predicted octanol–water partition coefficient (Wildman–Crippen LogP) is 2.37. The lowest BCUT2D eigenvalue weighted by atomic mass is 9.92. The molecule has 0 aliphatic heterocycles. The van der Waals surface area contributed by atoms with Crippen LogP contribution in [0.2, 0.25) is 0 Å². The van der Waals surface area contributed by atoms with Crippen molar-refractivity contribution in [2.45, 2.75) is 44.6 Å². The fourth-order valence-corrected chi connectivity index (χ4v) is 4.15. The molecule has 0 fully saturated rings. The molecule has 1 aromatic rings. The van der Waals surface area contributed by atoms with E-state index in [-0.39, 0.29) is 35.5 Å². The van der Waals surface area contributed by atoms with Crippen LogP contribution in [0, 0.1) is 23.0 Å². The summed E-state index contributed by atoms with van der Waals surface area (Å²) in [5, 5.41) is 10.7. The lowest BCUT2D eigenvalue weighted by Gasteiger charge is -2.31. The fraction of sp³-hybridized carbons (Fsp3) is 0.571. The van der Waals surface area contributed by atoms with Gasteiger partial charge in [0.1, 0.15) is 0 Å². The smallest absolute Gasteiger partial charge is 0.269 e. The summed E-state index contributed by atoms with van der Waals surface area (Å²) in [5.74, 6) is 0.272. The zero-order valence-electron chi connectivity index (χ0n) is 13.7. The molecule has 132 valence electrons. The zero-order chi connectivity index (χ0) is 17.1. The third-order valence-corrected chi connectivity index (χ3v) is 5.15. The summed E-state index contributed by atoms with van der Waals surface area (Å²) in [6.45, 7) is 7.42. The minimum Gasteiger partial charge on any atom is -0.329 e. The second-order valence-electron chi connectivity index (χ2n) is 6.18. The highest BCUT2D eigenvalue weighted by molar-refractivity contribution is 7.89. The van der Waals surface area contributed by atoms with Gasteiger partial charge in [-0.25, -0.2) is 13.1 Å². The Kier molecular flexibility index (Phi) is 7.62. The van der Waals surface area contributed by atoms with Crippen molar-refractivity contribution >= 4 is 28.1 Å². The van der Waals surface area contributed by atoms with E-state index in [2.05, 4.69) is 4.72 Å². The Bertz CT molecular complexity index is 664. The third-order valence-electron chi connectivity index (χ3n) is 3.35. The monoisotopic (exact) mass is 365 g/mol. The Balaban J connectivity index is 0.00000484. The van der Waals surface area contributed by atoms with E-state index in [9.17, 15) is 18.5 Å². The molecule has 0 saturated carbocycles. The van der Waals surface area contributed by atoms with Crippen molar-refractivity contribution in [2.75, 3.05) is 6.54 Å². The maximum atomic E-state index is 12.6. The molecule has 1 rings (SSSR count). The number of nitrogens with one attached hydrogen (secondary N) is 1. The van der Waals surface area contributed by atoms with Gasteiger partial charge in [0.15, 0.2) is 0 Å². The summed E-state index contributed by atoms with van der Waals surface area (Å²) in [6.07, 6.45) is 0.592. The van der Waals surface area contributed by atoms with E-state index >= 15 is 0 Å². The van der Waals surface area contributed by atoms with Crippen LogP contribution in [0.4, 0.5) is 5.69 Å². The second kappa shape index (κ2) is 8.05. The highest BCUT2D eigenvalue weighted by Gasteiger charge is 2.31. The van der Waals surface area contributed by atoms with Crippen LogP contribution in [0.5, 0.6) is 0 Å². The molecule has 7 nitrogen and oxygen atoms in total. The van der Waals surface area contributed by atoms with E-state index in [1.54, 1.807) is 6.92 Å². The Hall–Kier alpha value is -1.22. The summed E-state index contributed by atoms with van der Waals surface area (Å²) >= 11 is 0. The van der Waals surface area contributed by atoms with E-state index in [0.717, 1.165) is 0 Å². The average molecular weight is 366 g/mol. The molecule has 0 aliphatic carbocycles. The number of hydrogen-bond acceptors (Lipinski definition) is 5. The van der Waals surface area contributed by atoms with Crippen molar-refractivity contribution in [3.63, 3.8) is 0 Å². The van der Waals surface area contributed by atoms with Gasteiger partial charge in [0.05, 0.1) is 9.82 Å². The van der Waals surface area contributed by atoms with Gasteiger partial charge in [0.25, 0.3) is 5.69 Å². The van der Waals surface area contributed by atoms with Crippen molar-refractivity contribution < 1.29 is 13.3 Å². The number of nitro groups is 1. The first-order valence-corrected chi connectivity index (χ1v) is 8.48. The van der Waals surface area contributed by atoms with E-state index in [4.69, 9.17) is 5.73 Å². The number of nitrogens with zero attached hydrogens (tertiary/aromatic N) is 1. The molecular weight excluding hydrogens is 342 g/mol. The molecule has 23 heavy (non-hydrogen) atoms. The molecule has 0 radical (unpaired) electrons. The summed E-state index contributed by atoms with van der Waals surface area (Å²) < 4.78 is 27.7. The molecule has 1 atom stereocenters. The van der Waals surface area contributed by atoms with Crippen LogP contribution in [-0.2, 0) is 10.0 Å². The van der Waals surface area contributed by atoms with Gasteiger partial charge in [-0.2, -0.15) is 0 Å². The Morgan fingerprint density at radius 2 is 1.96 bits per heavy atom. The van der Waals surface area contributed by atoms with Gasteiger partial charge in [0.2, 0.25) is 10.0 Å². The van der Waals surface area contributed by atoms with Crippen LogP contribution in [0.1, 0.15) is 32.8 Å². The first-order valence-electron chi connectivity index (χ1n) is 7.00. The van der Waals surface area contributed by atoms with E-state index in [1.165, 1.54) is 25.1 Å². The number of nitro benzene ring substituents is 1. The van der Waals surface area contributed by atoms with Crippen LogP contribution in [0.15, 0.2) is 23.1 Å². The Morgan fingerprint density at radius 3 is 2.35 bits per heavy atom. The second-order valence-corrected chi connectivity index (χ2v) is 7.83. The summed E-state index contributed by atoms with van der Waals surface area (Å²) in [7, 11) is -3.80. The van der Waals surface area contributed by atoms with E-state index < -0.39 is 20.5 Å². The Morgan fingerprint density at radius 1 is 1.39 bits per heavy atom. The molecule has 0 aliphatic rings. The highest BCUT2D eigenvalue weighted by Crippen LogP contribution is 2.24. The normalized spacial score (nSPS) is 14.2. The zero-order valence-corrected chi connectivity index (χ0v) is 15.3. The number of halogens is 1. The van der Waals surface area contributed by atoms with Crippen molar-refractivity contribution in [3.8, 4) is 0 Å². The van der Waals surface area contributed by atoms with Gasteiger partial charge in [-0.15, -0.1) is 12.4 Å². The number of nitrogens with two attached hydrogens (primary N) is 1. The van der Waals surface area contributed by atoms with Crippen LogP contribution >= 0.6 is 12.4 Å². The summed E-state index contributed by atoms with van der Waals surface area (Å²) in [6, 6.07) is 3.68. The van der Waals surface area contributed by atoms with Crippen molar-refractivity contribution in [2.24, 2.45) is 11.7 Å². The molecule has 3 N–H and O–H groups in total. The van der Waals surface area contributed by atoms with Gasteiger partial charge in [-0.05, 0) is 37.8 Å². The van der Waals surface area contributed by atoms with Crippen molar-refractivity contribution in [3.05, 3.63) is 33.9 Å². The minimum absolute atomic E-state index is 0. The number of non-ortho nitro benzene ring substituents is 1. The number of hydrogen-bond donors (Lipinski definition) is 2. The van der Waals surface area contributed by atoms with Crippen molar-refractivity contribution in [1.29, 1.82) is 0 Å². The lowest BCUT2D eigenvalue weighted by molar-refractivity contribution is -0.385. The molecule has 0 spiro atoms. The maximum Gasteiger partial charge on any atom is 0.269 e. The van der Waals surface area contributed by atoms with E-state index in [0.29, 0.717) is 12.0 Å². The molecule has 0 amide bonds. The lowest BCUT2D eigenvalue weighted by Crippen LogP contribution is -2.52. The molecule has 1 unspecified atom stereocenters. The average Bonchev–Trinajstić information content (AvgIpc) is 2.36. The SMILES string of the molecule is Cc1cc([N+](=O)[O-])ccc1S(=O)(=O)NC(C)(CN)CC(C)C.Cl. The van der Waals surface area contributed by atoms with E-state index in [1.807, 2.05) is 13.8 Å². The minimum atomic E-state index is -3.80. The molecule has 0 bridgehead atoms. The van der Waals surface area contributed by atoms with Crippen LogP contribution in [0.25, 0.3) is 0 Å². The standard InChI is InChI=1S/C14H23N3O4S.ClH/c1-10(2)8-14(4,9-15)16-22(20,21)13-6-5-12(17(18)19)7-11(13)3;/h5-7,10,16H,8-9,15H2,1-4H3;1H. The maximum absolute atomic E-state index is 12.6. The highest BCUT2D eigenvalue weighted by atomic mass is 35.5. The quantitative estimate of drug-likeness (QED) is 0.568. The number of aryl methyl sites for hydroxylation is 1. The van der Waals surface area contributed by atoms with Gasteiger partial charge in [0, 0.05) is 24.2 Å². The van der Waals surface area contributed by atoms with Gasteiger partial charge < -0.3 is 5.73 Å². The molecule has 0 saturated heterocycles. The fourth-order valence-electron chi connectivity index (χ4n) is 2.50. The van der Waals surface area contributed by atoms with Crippen LogP contribution < -0.4 is 10.5 Å². The molecular formula is C14H24ClN3O4S. The molecule has 0 heterocycles. The Labute approximate surface area is 143 Å². The largest absolute Gasteiger partial charge is 0.329 e. The van der Waals surface area contributed by atoms with Crippen LogP contribution in [-0.4, -0.2) is 25.4 Å². The predicted molar refractivity (Wildman–Crippen MR) is 92.3 cm³/mol. The topological polar surface area (TPSA) is 115 Å². The van der Waals surface area contributed by atoms with Gasteiger partial charge in [-0.1, -0.05) is 13.8 Å². The molecule has 9 heteroatoms. The van der Waals surface area contributed by atoms with Gasteiger partial charge >= 0.3 is 0 Å². The number of sulfonamides is 1. The van der Waals surface area contributed by atoms with Gasteiger partial charge in [-0.3, -0.25) is 10.1 Å². The molecule has 0 aromatic heterocycles. The first kappa shape index (κ1) is 21.8. The molecule has 1 aromatic carbocycles. The first-order chi connectivity index (χ1) is 10.0. The number of benzene rings is 1. The summed E-state index contributed by atoms with van der Waals surface area (Å²) in [4.78, 5) is 10.2. The summed E-state index contributed by atoms with van der Waals surface area (Å²) in [5.41, 5.74) is 5.15. The van der Waals surface area contributed by atoms with Crippen LogP contribution in [0.3, 0.4) is 0 Å².